The summed E-state index contributed by atoms with van der Waals surface area (Å²) >= 11 is 6.30. The summed E-state index contributed by atoms with van der Waals surface area (Å²) in [5.74, 6) is -0.102. The molecule has 1 saturated heterocycles. The second kappa shape index (κ2) is 8.31. The predicted molar refractivity (Wildman–Crippen MR) is 108 cm³/mol. The van der Waals surface area contributed by atoms with Crippen LogP contribution in [0.15, 0.2) is 47.4 Å². The predicted octanol–water partition coefficient (Wildman–Crippen LogP) is 4.47. The van der Waals surface area contributed by atoms with Crippen molar-refractivity contribution < 1.29 is 13.2 Å². The number of carbonyl (C=O) groups excluding carboxylic acids is 1. The summed E-state index contributed by atoms with van der Waals surface area (Å²) in [4.78, 5) is 14.7. The number of anilines is 1. The van der Waals surface area contributed by atoms with Crippen LogP contribution < -0.4 is 4.72 Å². The highest BCUT2D eigenvalue weighted by Gasteiger charge is 2.21. The Hall–Kier alpha value is -2.05. The van der Waals surface area contributed by atoms with Gasteiger partial charge in [-0.2, -0.15) is 0 Å². The molecule has 0 bridgehead atoms. The van der Waals surface area contributed by atoms with E-state index in [1.807, 2.05) is 11.8 Å². The third kappa shape index (κ3) is 4.82. The van der Waals surface area contributed by atoms with Crippen molar-refractivity contribution in [3.63, 3.8) is 0 Å². The van der Waals surface area contributed by atoms with Gasteiger partial charge in [0.05, 0.1) is 21.2 Å². The smallest absolute Gasteiger partial charge is 0.261 e. The van der Waals surface area contributed by atoms with Crippen molar-refractivity contribution in [2.24, 2.45) is 0 Å². The lowest BCUT2D eigenvalue weighted by atomic mass is 10.1. The number of halogens is 1. The SMILES string of the molecule is Cc1ccc(S(=O)(=O)Nc2ccc(C(=O)N3CCCCCC3)c(Cl)c2)cc1. The monoisotopic (exact) mass is 406 g/mol. The summed E-state index contributed by atoms with van der Waals surface area (Å²) < 4.78 is 27.5. The van der Waals surface area contributed by atoms with Crippen LogP contribution in [0.4, 0.5) is 5.69 Å². The summed E-state index contributed by atoms with van der Waals surface area (Å²) in [5, 5.41) is 0.244. The van der Waals surface area contributed by atoms with Crippen molar-refractivity contribution in [2.45, 2.75) is 37.5 Å². The van der Waals surface area contributed by atoms with E-state index in [2.05, 4.69) is 4.72 Å². The fourth-order valence-corrected chi connectivity index (χ4v) is 4.44. The fraction of sp³-hybridized carbons (Fsp3) is 0.350. The fourth-order valence-electron chi connectivity index (χ4n) is 3.13. The number of amides is 1. The molecule has 0 aromatic heterocycles. The quantitative estimate of drug-likeness (QED) is 0.814. The molecule has 0 unspecified atom stereocenters. The summed E-state index contributed by atoms with van der Waals surface area (Å²) in [6, 6.07) is 11.2. The number of aryl methyl sites for hydroxylation is 1. The first-order valence-corrected chi connectivity index (χ1v) is 10.9. The molecule has 1 aliphatic heterocycles. The largest absolute Gasteiger partial charge is 0.339 e. The Kier molecular flexibility index (Phi) is 6.07. The van der Waals surface area contributed by atoms with Crippen molar-refractivity contribution in [1.29, 1.82) is 0 Å². The number of carbonyl (C=O) groups is 1. The average molecular weight is 407 g/mol. The van der Waals surface area contributed by atoms with Crippen LogP contribution in [-0.2, 0) is 10.0 Å². The van der Waals surface area contributed by atoms with Gasteiger partial charge in [-0.15, -0.1) is 0 Å². The Labute approximate surface area is 165 Å². The van der Waals surface area contributed by atoms with E-state index in [-0.39, 0.29) is 15.8 Å². The van der Waals surface area contributed by atoms with Gasteiger partial charge in [0.1, 0.15) is 0 Å². The molecule has 0 saturated carbocycles. The van der Waals surface area contributed by atoms with E-state index in [1.54, 1.807) is 36.4 Å². The molecular weight excluding hydrogens is 384 g/mol. The maximum atomic E-state index is 12.7. The van der Waals surface area contributed by atoms with E-state index in [4.69, 9.17) is 11.6 Å². The first-order valence-electron chi connectivity index (χ1n) is 9.05. The van der Waals surface area contributed by atoms with Gasteiger partial charge in [0.2, 0.25) is 0 Å². The summed E-state index contributed by atoms with van der Waals surface area (Å²) in [6.07, 6.45) is 4.27. The molecule has 1 N–H and O–H groups in total. The summed E-state index contributed by atoms with van der Waals surface area (Å²) in [6.45, 7) is 3.36. The highest BCUT2D eigenvalue weighted by molar-refractivity contribution is 7.92. The van der Waals surface area contributed by atoms with Crippen LogP contribution in [0.2, 0.25) is 5.02 Å². The van der Waals surface area contributed by atoms with Crippen molar-refractivity contribution in [2.75, 3.05) is 17.8 Å². The Balaban J connectivity index is 1.78. The molecule has 7 heteroatoms. The van der Waals surface area contributed by atoms with E-state index in [1.165, 1.54) is 6.07 Å². The molecule has 0 radical (unpaired) electrons. The molecule has 27 heavy (non-hydrogen) atoms. The lowest BCUT2D eigenvalue weighted by Crippen LogP contribution is -2.32. The molecule has 0 atom stereocenters. The van der Waals surface area contributed by atoms with Crippen LogP contribution in [0.25, 0.3) is 0 Å². The third-order valence-electron chi connectivity index (χ3n) is 4.68. The van der Waals surface area contributed by atoms with Crippen LogP contribution in [0, 0.1) is 6.92 Å². The minimum atomic E-state index is -3.71. The van der Waals surface area contributed by atoms with E-state index in [0.717, 1.165) is 44.3 Å². The standard InChI is InChI=1S/C20H23ClN2O3S/c1-15-6-9-17(10-7-15)27(25,26)22-16-8-11-18(19(21)14-16)20(24)23-12-4-2-3-5-13-23/h6-11,14,22H,2-5,12-13H2,1H3. The van der Waals surface area contributed by atoms with Crippen LogP contribution in [-0.4, -0.2) is 32.3 Å². The minimum absolute atomic E-state index is 0.102. The number of likely N-dealkylation sites (tertiary alicyclic amines) is 1. The molecule has 1 fully saturated rings. The van der Waals surface area contributed by atoms with Crippen LogP contribution >= 0.6 is 11.6 Å². The van der Waals surface area contributed by atoms with E-state index < -0.39 is 10.0 Å². The van der Waals surface area contributed by atoms with Gasteiger partial charge in [-0.1, -0.05) is 42.1 Å². The second-order valence-corrected chi connectivity index (χ2v) is 8.91. The van der Waals surface area contributed by atoms with Crippen LogP contribution in [0.5, 0.6) is 0 Å². The molecule has 2 aromatic carbocycles. The topological polar surface area (TPSA) is 66.5 Å². The van der Waals surface area contributed by atoms with E-state index in [9.17, 15) is 13.2 Å². The first-order chi connectivity index (χ1) is 12.9. The molecule has 0 aliphatic carbocycles. The van der Waals surface area contributed by atoms with Gasteiger partial charge in [-0.25, -0.2) is 8.42 Å². The normalized spacial score (nSPS) is 15.3. The number of hydrogen-bond donors (Lipinski definition) is 1. The van der Waals surface area contributed by atoms with Gasteiger partial charge in [0.25, 0.3) is 15.9 Å². The number of hydrogen-bond acceptors (Lipinski definition) is 3. The highest BCUT2D eigenvalue weighted by Crippen LogP contribution is 2.25. The van der Waals surface area contributed by atoms with Gasteiger partial charge >= 0.3 is 0 Å². The molecule has 0 spiro atoms. The number of sulfonamides is 1. The minimum Gasteiger partial charge on any atom is -0.339 e. The van der Waals surface area contributed by atoms with Crippen molar-refractivity contribution in [1.82, 2.24) is 4.90 Å². The zero-order valence-electron chi connectivity index (χ0n) is 15.2. The number of rotatable bonds is 4. The van der Waals surface area contributed by atoms with Crippen LogP contribution in [0.3, 0.4) is 0 Å². The van der Waals surface area contributed by atoms with Crippen LogP contribution in [0.1, 0.15) is 41.6 Å². The lowest BCUT2D eigenvalue weighted by Gasteiger charge is -2.21. The van der Waals surface area contributed by atoms with E-state index >= 15 is 0 Å². The molecule has 2 aromatic rings. The Morgan fingerprint density at radius 2 is 1.63 bits per heavy atom. The molecular formula is C20H23ClN2O3S. The van der Waals surface area contributed by atoms with Gasteiger partial charge in [0.15, 0.2) is 0 Å². The molecule has 1 aliphatic rings. The van der Waals surface area contributed by atoms with Gasteiger partial charge in [-0.05, 0) is 50.1 Å². The molecule has 144 valence electrons. The maximum Gasteiger partial charge on any atom is 0.261 e. The Morgan fingerprint density at radius 1 is 1.00 bits per heavy atom. The van der Waals surface area contributed by atoms with Crippen molar-refractivity contribution >= 4 is 33.2 Å². The highest BCUT2D eigenvalue weighted by atomic mass is 35.5. The van der Waals surface area contributed by atoms with Gasteiger partial charge in [0, 0.05) is 13.1 Å². The third-order valence-corrected chi connectivity index (χ3v) is 6.39. The Bertz CT molecular complexity index is 919. The maximum absolute atomic E-state index is 12.7. The molecule has 1 amide bonds. The zero-order chi connectivity index (χ0) is 19.4. The second-order valence-electron chi connectivity index (χ2n) is 6.82. The molecule has 1 heterocycles. The van der Waals surface area contributed by atoms with E-state index in [0.29, 0.717) is 11.3 Å². The summed E-state index contributed by atoms with van der Waals surface area (Å²) in [7, 11) is -3.71. The average Bonchev–Trinajstić information content (AvgIpc) is 2.91. The van der Waals surface area contributed by atoms with Gasteiger partial charge < -0.3 is 4.90 Å². The van der Waals surface area contributed by atoms with Gasteiger partial charge in [-0.3, -0.25) is 9.52 Å². The zero-order valence-corrected chi connectivity index (χ0v) is 16.8. The first kappa shape index (κ1) is 19.7. The lowest BCUT2D eigenvalue weighted by molar-refractivity contribution is 0.0762. The number of nitrogens with zero attached hydrogens (tertiary/aromatic N) is 1. The molecule has 3 rings (SSSR count). The summed E-state index contributed by atoms with van der Waals surface area (Å²) in [5.41, 5.74) is 1.71. The Morgan fingerprint density at radius 3 is 2.22 bits per heavy atom. The van der Waals surface area contributed by atoms with Crippen molar-refractivity contribution in [3.8, 4) is 0 Å². The number of benzene rings is 2. The molecule has 5 nitrogen and oxygen atoms in total. The number of nitrogens with one attached hydrogen (secondary N) is 1. The van der Waals surface area contributed by atoms with Crippen molar-refractivity contribution in [3.05, 3.63) is 58.6 Å².